The number of aliphatic imine (C=N–C) groups is 1. The molecule has 0 aromatic carbocycles. The van der Waals surface area contributed by atoms with E-state index in [0.29, 0.717) is 5.56 Å². The number of nitriles is 1. The van der Waals surface area contributed by atoms with Crippen molar-refractivity contribution >= 4 is 12.0 Å². The number of hydrogen-bond acceptors (Lipinski definition) is 2. The van der Waals surface area contributed by atoms with Gasteiger partial charge in [0.1, 0.15) is 11.9 Å². The molecule has 1 aliphatic rings. The van der Waals surface area contributed by atoms with Crippen molar-refractivity contribution in [3.8, 4) is 6.07 Å². The summed E-state index contributed by atoms with van der Waals surface area (Å²) in [6, 6.07) is 3.84. The Morgan fingerprint density at radius 2 is 2.60 bits per heavy atom. The zero-order chi connectivity index (χ0) is 6.97. The van der Waals surface area contributed by atoms with E-state index >= 15 is 0 Å². The van der Waals surface area contributed by atoms with Gasteiger partial charge in [-0.25, -0.2) is 4.99 Å². The maximum Gasteiger partial charge on any atom is 0.133 e. The molecular formula is C7H5N3. The summed E-state index contributed by atoms with van der Waals surface area (Å²) >= 11 is 0. The van der Waals surface area contributed by atoms with Gasteiger partial charge in [-0.1, -0.05) is 0 Å². The van der Waals surface area contributed by atoms with Crippen LogP contribution < -0.4 is 0 Å². The smallest absolute Gasteiger partial charge is 0.133 e. The van der Waals surface area contributed by atoms with Crippen LogP contribution in [0.3, 0.4) is 0 Å². The molecule has 10 heavy (non-hydrogen) atoms. The van der Waals surface area contributed by atoms with Crippen molar-refractivity contribution in [1.82, 2.24) is 4.57 Å². The van der Waals surface area contributed by atoms with E-state index in [1.54, 1.807) is 6.07 Å². The Labute approximate surface area is 58.2 Å². The molecule has 0 amide bonds. The van der Waals surface area contributed by atoms with Gasteiger partial charge in [0.25, 0.3) is 0 Å². The van der Waals surface area contributed by atoms with Gasteiger partial charge in [-0.2, -0.15) is 5.26 Å². The fourth-order valence-corrected chi connectivity index (χ4v) is 1.03. The molecule has 3 nitrogen and oxygen atoms in total. The molecule has 0 aliphatic carbocycles. The summed E-state index contributed by atoms with van der Waals surface area (Å²) < 4.78 is 1.94. The molecule has 0 bridgehead atoms. The second-order valence-electron chi connectivity index (χ2n) is 2.16. The van der Waals surface area contributed by atoms with Crippen molar-refractivity contribution in [2.75, 3.05) is 0 Å². The molecule has 0 saturated carbocycles. The summed E-state index contributed by atoms with van der Waals surface area (Å²) in [7, 11) is 0. The van der Waals surface area contributed by atoms with Gasteiger partial charge < -0.3 is 4.57 Å². The second-order valence-corrected chi connectivity index (χ2v) is 2.16. The van der Waals surface area contributed by atoms with Crippen LogP contribution in [0.5, 0.6) is 0 Å². The first kappa shape index (κ1) is 5.24. The molecule has 2 heterocycles. The van der Waals surface area contributed by atoms with Crippen molar-refractivity contribution in [3.05, 3.63) is 17.8 Å². The van der Waals surface area contributed by atoms with Gasteiger partial charge in [0.15, 0.2) is 0 Å². The third kappa shape index (κ3) is 0.560. The molecule has 0 fully saturated rings. The van der Waals surface area contributed by atoms with E-state index in [-0.39, 0.29) is 0 Å². The summed E-state index contributed by atoms with van der Waals surface area (Å²) in [4.78, 5) is 4.05. The van der Waals surface area contributed by atoms with E-state index in [1.807, 2.05) is 17.0 Å². The average Bonchev–Trinajstić information content (AvgIpc) is 2.42. The number of fused-ring (bicyclic) bond motifs is 1. The quantitative estimate of drug-likeness (QED) is 0.519. The van der Waals surface area contributed by atoms with Crippen molar-refractivity contribution in [3.63, 3.8) is 0 Å². The molecule has 0 N–H and O–H groups in total. The highest BCUT2D eigenvalue weighted by Gasteiger charge is 2.06. The molecule has 0 unspecified atom stereocenters. The van der Waals surface area contributed by atoms with Gasteiger partial charge in [-0.05, 0) is 0 Å². The summed E-state index contributed by atoms with van der Waals surface area (Å²) in [6.07, 6.45) is 3.64. The predicted molar refractivity (Wildman–Crippen MR) is 37.3 cm³/mol. The molecule has 2 rings (SSSR count). The largest absolute Gasteiger partial charge is 0.326 e. The van der Waals surface area contributed by atoms with Crippen LogP contribution in [0.15, 0.2) is 17.3 Å². The number of aromatic nitrogens is 1. The molecule has 0 atom stereocenters. The van der Waals surface area contributed by atoms with Gasteiger partial charge >= 0.3 is 0 Å². The van der Waals surface area contributed by atoms with Crippen molar-refractivity contribution in [2.24, 2.45) is 4.99 Å². The molecule has 1 aliphatic heterocycles. The number of nitrogens with zero attached hydrogens (tertiary/aromatic N) is 3. The lowest BCUT2D eigenvalue weighted by molar-refractivity contribution is 0.908. The van der Waals surface area contributed by atoms with Crippen LogP contribution in [0.25, 0.3) is 0 Å². The first-order chi connectivity index (χ1) is 4.90. The predicted octanol–water partition coefficient (Wildman–Crippen LogP) is 1.08. The Kier molecular flexibility index (Phi) is 0.896. The Hall–Kier alpha value is -1.56. The van der Waals surface area contributed by atoms with Crippen molar-refractivity contribution in [2.45, 2.75) is 6.54 Å². The Balaban J connectivity index is 2.57. The maximum absolute atomic E-state index is 8.48. The van der Waals surface area contributed by atoms with Crippen LogP contribution in [0.1, 0.15) is 5.56 Å². The highest BCUT2D eigenvalue weighted by atomic mass is 15.1. The van der Waals surface area contributed by atoms with E-state index in [2.05, 4.69) is 11.1 Å². The van der Waals surface area contributed by atoms with Crippen LogP contribution in [0.2, 0.25) is 0 Å². The minimum Gasteiger partial charge on any atom is -0.326 e. The van der Waals surface area contributed by atoms with Crippen molar-refractivity contribution in [1.29, 1.82) is 5.26 Å². The highest BCUT2D eigenvalue weighted by molar-refractivity contribution is 5.67. The van der Waals surface area contributed by atoms with E-state index in [0.717, 1.165) is 12.4 Å². The van der Waals surface area contributed by atoms with Gasteiger partial charge in [0.2, 0.25) is 0 Å². The van der Waals surface area contributed by atoms with Crippen LogP contribution in [0.4, 0.5) is 5.82 Å². The first-order valence-electron chi connectivity index (χ1n) is 3.03. The van der Waals surface area contributed by atoms with Gasteiger partial charge in [0, 0.05) is 18.5 Å². The molecule has 1 aromatic heterocycles. The van der Waals surface area contributed by atoms with Gasteiger partial charge in [-0.15, -0.1) is 0 Å². The van der Waals surface area contributed by atoms with Crippen molar-refractivity contribution < 1.29 is 0 Å². The third-order valence-electron chi connectivity index (χ3n) is 1.50. The number of rotatable bonds is 0. The SMILES string of the molecule is N#Cc1cc2n(c1)CC=N2. The van der Waals surface area contributed by atoms with Crippen LogP contribution in [-0.2, 0) is 6.54 Å². The fraction of sp³-hybridized carbons (Fsp3) is 0.143. The molecule has 48 valence electrons. The first-order valence-corrected chi connectivity index (χ1v) is 3.03. The highest BCUT2D eigenvalue weighted by Crippen LogP contribution is 2.19. The lowest BCUT2D eigenvalue weighted by Gasteiger charge is -1.88. The molecule has 0 radical (unpaired) electrons. The summed E-state index contributed by atoms with van der Waals surface area (Å²) in [6.45, 7) is 0.803. The van der Waals surface area contributed by atoms with Crippen LogP contribution >= 0.6 is 0 Å². The molecule has 0 saturated heterocycles. The Bertz CT molecular complexity index is 327. The molecule has 0 spiro atoms. The lowest BCUT2D eigenvalue weighted by atomic mass is 10.4. The summed E-state index contributed by atoms with van der Waals surface area (Å²) in [5.41, 5.74) is 0.687. The van der Waals surface area contributed by atoms with Crippen LogP contribution in [-0.4, -0.2) is 10.8 Å². The van der Waals surface area contributed by atoms with E-state index in [9.17, 15) is 0 Å². The van der Waals surface area contributed by atoms with Gasteiger partial charge in [0.05, 0.1) is 12.1 Å². The van der Waals surface area contributed by atoms with Crippen LogP contribution in [0, 0.1) is 11.3 Å². The summed E-state index contributed by atoms with van der Waals surface area (Å²) in [5, 5.41) is 8.48. The van der Waals surface area contributed by atoms with E-state index in [4.69, 9.17) is 5.26 Å². The third-order valence-corrected chi connectivity index (χ3v) is 1.50. The van der Waals surface area contributed by atoms with E-state index in [1.165, 1.54) is 0 Å². The monoisotopic (exact) mass is 131 g/mol. The molecular weight excluding hydrogens is 126 g/mol. The maximum atomic E-state index is 8.48. The minimum absolute atomic E-state index is 0.687. The average molecular weight is 131 g/mol. The Morgan fingerprint density at radius 3 is 3.30 bits per heavy atom. The van der Waals surface area contributed by atoms with Gasteiger partial charge in [-0.3, -0.25) is 0 Å². The van der Waals surface area contributed by atoms with E-state index < -0.39 is 0 Å². The second kappa shape index (κ2) is 1.71. The minimum atomic E-state index is 0.687. The fourth-order valence-electron chi connectivity index (χ4n) is 1.03. The normalized spacial score (nSPS) is 13.1. The Morgan fingerprint density at radius 1 is 1.70 bits per heavy atom. The number of hydrogen-bond donors (Lipinski definition) is 0. The lowest BCUT2D eigenvalue weighted by Crippen LogP contribution is -1.87. The zero-order valence-corrected chi connectivity index (χ0v) is 5.28. The molecule has 3 heteroatoms. The summed E-state index contributed by atoms with van der Waals surface area (Å²) in [5.74, 6) is 0.886. The molecule has 1 aromatic rings. The standard InChI is InChI=1S/C7H5N3/c8-4-6-3-7-9-1-2-10(7)5-6/h1,3,5H,2H2. The zero-order valence-electron chi connectivity index (χ0n) is 5.28. The topological polar surface area (TPSA) is 41.1 Å².